The van der Waals surface area contributed by atoms with Crippen molar-refractivity contribution in [3.63, 3.8) is 0 Å². The van der Waals surface area contributed by atoms with Crippen LogP contribution in [0.15, 0.2) is 59.3 Å². The first-order chi connectivity index (χ1) is 25.1. The first kappa shape index (κ1) is 41.2. The summed E-state index contributed by atoms with van der Waals surface area (Å²) >= 11 is 0. The van der Waals surface area contributed by atoms with Crippen LogP contribution >= 0.6 is 0 Å². The fourth-order valence-corrected chi connectivity index (χ4v) is 13.1. The molecule has 6 fully saturated rings. The van der Waals surface area contributed by atoms with Gasteiger partial charge in [-0.25, -0.2) is 14.4 Å². The zero-order valence-corrected chi connectivity index (χ0v) is 34.2. The van der Waals surface area contributed by atoms with E-state index in [1.54, 1.807) is 19.3 Å². The zero-order valence-electron chi connectivity index (χ0n) is 34.2. The molecule has 0 amide bonds. The van der Waals surface area contributed by atoms with E-state index in [2.05, 4.69) is 62.0 Å². The number of allylic oxidation sites excluding steroid dienone is 1. The van der Waals surface area contributed by atoms with Crippen LogP contribution in [0.2, 0.25) is 0 Å². The van der Waals surface area contributed by atoms with Crippen molar-refractivity contribution in [2.24, 2.45) is 45.3 Å². The Morgan fingerprint density at radius 1 is 0.618 bits per heavy atom. The highest BCUT2D eigenvalue weighted by Gasteiger charge is 2.66. The van der Waals surface area contributed by atoms with Crippen LogP contribution in [0.25, 0.3) is 0 Å². The molecule has 0 radical (unpaired) electrons. The molecule has 0 aromatic heterocycles. The Labute approximate surface area is 329 Å². The Bertz CT molecular complexity index is 1620. The molecule has 8 aliphatic rings. The van der Waals surface area contributed by atoms with E-state index in [1.807, 2.05) is 13.0 Å². The first-order valence-electron chi connectivity index (χ1n) is 20.3. The van der Waals surface area contributed by atoms with Crippen molar-refractivity contribution in [1.29, 1.82) is 0 Å². The highest BCUT2D eigenvalue weighted by molar-refractivity contribution is 5.93. The molecule has 0 aromatic carbocycles. The predicted molar refractivity (Wildman–Crippen MR) is 209 cm³/mol. The molecule has 9 nitrogen and oxygen atoms in total. The maximum atomic E-state index is 12.8. The van der Waals surface area contributed by atoms with Gasteiger partial charge in [0.1, 0.15) is 17.0 Å². The van der Waals surface area contributed by atoms with Crippen LogP contribution < -0.4 is 0 Å². The molecule has 0 bridgehead atoms. The maximum absolute atomic E-state index is 12.8. The number of ether oxygens (including phenoxy) is 6. The van der Waals surface area contributed by atoms with Gasteiger partial charge in [-0.05, 0) is 118 Å². The normalized spacial score (nSPS) is 43.5. The Morgan fingerprint density at radius 2 is 1.04 bits per heavy atom. The van der Waals surface area contributed by atoms with Crippen molar-refractivity contribution in [1.82, 2.24) is 0 Å². The average Bonchev–Trinajstić information content (AvgIpc) is 3.73. The first-order valence-corrected chi connectivity index (χ1v) is 20.3. The van der Waals surface area contributed by atoms with Gasteiger partial charge in [0.25, 0.3) is 12.6 Å². The van der Waals surface area contributed by atoms with E-state index in [-0.39, 0.29) is 58.8 Å². The van der Waals surface area contributed by atoms with Crippen LogP contribution in [0, 0.1) is 45.3 Å². The summed E-state index contributed by atoms with van der Waals surface area (Å²) in [5.74, 6) is 0.902. The van der Waals surface area contributed by atoms with Gasteiger partial charge in [-0.15, -0.1) is 0 Å². The fourth-order valence-electron chi connectivity index (χ4n) is 13.1. The number of fused-ring (bicyclic) bond motifs is 6. The summed E-state index contributed by atoms with van der Waals surface area (Å²) < 4.78 is 34.1. The Morgan fingerprint density at radius 3 is 1.42 bits per heavy atom. The standard InChI is InChI=1S/C23H32O4.C22H30O5.CH4/c1-14-12-18(26-15(14)2)25-13-16-19-22(5)10-7-9-21(3,4)17(22)8-11-23(19,6)27-20(16)24;1-13-11-16(26-18(13)23)25-12-14-17-21(4)9-6-8-20(2,3)15(21)7-10-22(17,5)27-19(14)24;/h12-13,17-19H,2,7-11H2,1,3-6H3;11-12,15-17H,6-10H2,1-5H3;1H4/b16-13-;14-12-;/t17?,18-,19+,22-,23+;15?,16-,17-,21+,22-;/m01./s1. The van der Waals surface area contributed by atoms with Crippen LogP contribution in [0.4, 0.5) is 0 Å². The molecule has 2 saturated heterocycles. The minimum atomic E-state index is -0.764. The summed E-state index contributed by atoms with van der Waals surface area (Å²) in [5, 5.41) is 0. The Kier molecular flexibility index (Phi) is 10.4. The second-order valence-corrected chi connectivity index (χ2v) is 19.9. The molecule has 10 atom stereocenters. The van der Waals surface area contributed by atoms with Crippen molar-refractivity contribution in [2.75, 3.05) is 0 Å². The fraction of sp³-hybridized carbons (Fsp3) is 0.717. The van der Waals surface area contributed by atoms with Crippen molar-refractivity contribution in [3.05, 3.63) is 59.3 Å². The summed E-state index contributed by atoms with van der Waals surface area (Å²) in [6.45, 7) is 25.9. The Hall–Kier alpha value is -3.49. The van der Waals surface area contributed by atoms with Crippen LogP contribution in [0.5, 0.6) is 0 Å². The molecule has 0 aromatic rings. The van der Waals surface area contributed by atoms with E-state index >= 15 is 0 Å². The quantitative estimate of drug-likeness (QED) is 0.120. The number of hydrogen-bond donors (Lipinski definition) is 0. The molecule has 9 heteroatoms. The zero-order chi connectivity index (χ0) is 39.2. The Balaban J connectivity index is 0.000000184. The summed E-state index contributed by atoms with van der Waals surface area (Å²) in [6, 6.07) is 0. The van der Waals surface area contributed by atoms with Crippen LogP contribution in [-0.4, -0.2) is 41.7 Å². The molecular weight excluding hydrogens is 696 g/mol. The van der Waals surface area contributed by atoms with E-state index in [1.165, 1.54) is 25.5 Å². The van der Waals surface area contributed by atoms with Gasteiger partial charge in [0.15, 0.2) is 0 Å². The number of esters is 3. The molecule has 8 rings (SSSR count). The minimum Gasteiger partial charge on any atom is -0.458 e. The molecule has 55 heavy (non-hydrogen) atoms. The van der Waals surface area contributed by atoms with Crippen molar-refractivity contribution in [2.45, 2.75) is 165 Å². The molecule has 0 N–H and O–H groups in total. The maximum Gasteiger partial charge on any atom is 0.338 e. The average molecular weight is 763 g/mol. The molecule has 2 unspecified atom stereocenters. The lowest BCUT2D eigenvalue weighted by atomic mass is 9.45. The smallest absolute Gasteiger partial charge is 0.338 e. The highest BCUT2D eigenvalue weighted by Crippen LogP contribution is 2.67. The summed E-state index contributed by atoms with van der Waals surface area (Å²) in [6.07, 6.45) is 16.4. The highest BCUT2D eigenvalue weighted by atomic mass is 16.7. The van der Waals surface area contributed by atoms with E-state index in [9.17, 15) is 14.4 Å². The van der Waals surface area contributed by atoms with Crippen molar-refractivity contribution in [3.8, 4) is 0 Å². The van der Waals surface area contributed by atoms with Crippen molar-refractivity contribution >= 4 is 17.9 Å². The monoisotopic (exact) mass is 762 g/mol. The number of cyclic esters (lactones) is 1. The van der Waals surface area contributed by atoms with Gasteiger partial charge in [0, 0.05) is 29.6 Å². The number of hydrogen-bond acceptors (Lipinski definition) is 9. The SMILES string of the molecule is C.C=C1O[C@H](O/C=C2\C(=O)O[C@]3(C)CCC4C(C)(C)CCC[C@]4(C)[C@@H]23)C=C1C.CC1=C[C@H](O/C=C2\C(=O)O[C@]3(C)CCC4C(C)(C)CCC[C@]4(C)[C@@H]23)OC1=O. The molecule has 4 heterocycles. The number of carbonyl (C=O) groups is 3. The van der Waals surface area contributed by atoms with Crippen LogP contribution in [0.3, 0.4) is 0 Å². The summed E-state index contributed by atoms with van der Waals surface area (Å²) in [5.41, 5.74) is 2.43. The molecule has 0 spiro atoms. The molecule has 4 aliphatic carbocycles. The third kappa shape index (κ3) is 6.77. The van der Waals surface area contributed by atoms with Crippen molar-refractivity contribution < 1.29 is 42.8 Å². The van der Waals surface area contributed by atoms with Gasteiger partial charge in [0.05, 0.1) is 23.7 Å². The van der Waals surface area contributed by atoms with Gasteiger partial charge in [0.2, 0.25) is 0 Å². The third-order valence-electron chi connectivity index (χ3n) is 15.4. The van der Waals surface area contributed by atoms with Gasteiger partial charge in [-0.2, -0.15) is 0 Å². The second-order valence-electron chi connectivity index (χ2n) is 19.9. The number of rotatable bonds is 4. The lowest BCUT2D eigenvalue weighted by molar-refractivity contribution is -0.165. The van der Waals surface area contributed by atoms with Gasteiger partial charge in [-0.3, -0.25) is 0 Å². The molecule has 4 saturated carbocycles. The van der Waals surface area contributed by atoms with E-state index in [4.69, 9.17) is 28.4 Å². The third-order valence-corrected chi connectivity index (χ3v) is 15.4. The second kappa shape index (κ2) is 13.9. The van der Waals surface area contributed by atoms with Gasteiger partial charge >= 0.3 is 17.9 Å². The van der Waals surface area contributed by atoms with E-state index < -0.39 is 23.8 Å². The molecule has 304 valence electrons. The predicted octanol–water partition coefficient (Wildman–Crippen LogP) is 10.2. The van der Waals surface area contributed by atoms with Crippen LogP contribution in [0.1, 0.15) is 141 Å². The van der Waals surface area contributed by atoms with E-state index in [0.29, 0.717) is 34.3 Å². The molecule has 4 aliphatic heterocycles. The molecular formula is C46H66O9. The van der Waals surface area contributed by atoms with Crippen LogP contribution in [-0.2, 0) is 42.8 Å². The summed E-state index contributed by atoms with van der Waals surface area (Å²) in [7, 11) is 0. The number of carbonyl (C=O) groups excluding carboxylic acids is 3. The lowest BCUT2D eigenvalue weighted by Gasteiger charge is -2.59. The lowest BCUT2D eigenvalue weighted by Crippen LogP contribution is -2.56. The summed E-state index contributed by atoms with van der Waals surface area (Å²) in [4.78, 5) is 37.1. The topological polar surface area (TPSA) is 107 Å². The minimum absolute atomic E-state index is 0. The largest absolute Gasteiger partial charge is 0.458 e. The van der Waals surface area contributed by atoms with Gasteiger partial charge in [-0.1, -0.05) is 68.4 Å². The van der Waals surface area contributed by atoms with E-state index in [0.717, 1.165) is 50.5 Å². The van der Waals surface area contributed by atoms with Gasteiger partial charge < -0.3 is 28.4 Å².